The smallest absolute Gasteiger partial charge is 0.200 e. The molecule has 6 heteroatoms. The maximum absolute atomic E-state index is 9.67. The highest BCUT2D eigenvalue weighted by molar-refractivity contribution is 7.09. The van der Waals surface area contributed by atoms with E-state index in [1.165, 1.54) is 6.07 Å². The van der Waals surface area contributed by atoms with Crippen molar-refractivity contribution in [2.45, 2.75) is 19.4 Å². The number of hydrogen-bond donors (Lipinski definition) is 4. The van der Waals surface area contributed by atoms with Crippen LogP contribution >= 0.6 is 11.3 Å². The summed E-state index contributed by atoms with van der Waals surface area (Å²) >= 11 is 1.61. The number of aromatic hydroxyl groups is 3. The lowest BCUT2D eigenvalue weighted by Crippen LogP contribution is -2.19. The second kappa shape index (κ2) is 5.90. The van der Waals surface area contributed by atoms with Crippen molar-refractivity contribution in [3.05, 3.63) is 34.3 Å². The highest BCUT2D eigenvalue weighted by atomic mass is 32.1. The minimum Gasteiger partial charge on any atom is -0.504 e. The number of aromatic nitrogens is 1. The molecule has 102 valence electrons. The first kappa shape index (κ1) is 13.6. The van der Waals surface area contributed by atoms with Crippen LogP contribution in [-0.4, -0.2) is 26.8 Å². The molecule has 5 nitrogen and oxygen atoms in total. The summed E-state index contributed by atoms with van der Waals surface area (Å²) in [4.78, 5) is 4.24. The SMILES string of the molecule is CC(CNCc1ccc(O)c(O)c1O)c1nccs1. The van der Waals surface area contributed by atoms with Crippen LogP contribution in [-0.2, 0) is 6.54 Å². The third kappa shape index (κ3) is 3.15. The molecular formula is C13H16N2O3S. The van der Waals surface area contributed by atoms with Gasteiger partial charge in [0, 0.05) is 36.1 Å². The molecular weight excluding hydrogens is 264 g/mol. The summed E-state index contributed by atoms with van der Waals surface area (Å²) in [6.45, 7) is 3.20. The fraction of sp³-hybridized carbons (Fsp3) is 0.308. The molecule has 0 bridgehead atoms. The Morgan fingerprint density at radius 3 is 2.74 bits per heavy atom. The van der Waals surface area contributed by atoms with Gasteiger partial charge in [-0.15, -0.1) is 11.3 Å². The van der Waals surface area contributed by atoms with Crippen molar-refractivity contribution < 1.29 is 15.3 Å². The van der Waals surface area contributed by atoms with E-state index in [-0.39, 0.29) is 17.4 Å². The van der Waals surface area contributed by atoms with Gasteiger partial charge in [0.1, 0.15) is 0 Å². The summed E-state index contributed by atoms with van der Waals surface area (Å²) in [5.41, 5.74) is 0.543. The number of phenols is 3. The van der Waals surface area contributed by atoms with Crippen molar-refractivity contribution in [2.24, 2.45) is 0 Å². The molecule has 0 saturated heterocycles. The molecule has 1 unspecified atom stereocenters. The van der Waals surface area contributed by atoms with Crippen LogP contribution in [0.2, 0.25) is 0 Å². The number of hydrogen-bond acceptors (Lipinski definition) is 6. The molecule has 0 radical (unpaired) electrons. The molecule has 0 fully saturated rings. The van der Waals surface area contributed by atoms with Crippen molar-refractivity contribution in [3.8, 4) is 17.2 Å². The second-order valence-corrected chi connectivity index (χ2v) is 5.27. The average Bonchev–Trinajstić information content (AvgIpc) is 2.92. The van der Waals surface area contributed by atoms with Gasteiger partial charge in [0.05, 0.1) is 5.01 Å². The topological polar surface area (TPSA) is 85.6 Å². The van der Waals surface area contributed by atoms with E-state index in [1.807, 2.05) is 5.38 Å². The first-order valence-electron chi connectivity index (χ1n) is 5.92. The van der Waals surface area contributed by atoms with E-state index in [9.17, 15) is 15.3 Å². The Bertz CT molecular complexity index is 543. The molecule has 0 aliphatic heterocycles. The number of rotatable bonds is 5. The van der Waals surface area contributed by atoms with Crippen molar-refractivity contribution in [3.63, 3.8) is 0 Å². The number of phenolic OH excluding ortho intramolecular Hbond substituents is 3. The van der Waals surface area contributed by atoms with E-state index in [1.54, 1.807) is 23.6 Å². The van der Waals surface area contributed by atoms with E-state index in [0.29, 0.717) is 18.7 Å². The molecule has 2 aromatic rings. The Morgan fingerprint density at radius 2 is 2.05 bits per heavy atom. The standard InChI is InChI=1S/C13H16N2O3S/c1-8(13-15-4-5-19-13)6-14-7-9-2-3-10(16)12(18)11(9)17/h2-5,8,14,16-18H,6-7H2,1H3. The number of benzene rings is 1. The van der Waals surface area contributed by atoms with E-state index in [4.69, 9.17) is 0 Å². The Kier molecular flexibility index (Phi) is 4.24. The fourth-order valence-electron chi connectivity index (χ4n) is 1.74. The largest absolute Gasteiger partial charge is 0.504 e. The van der Waals surface area contributed by atoms with Crippen molar-refractivity contribution >= 4 is 11.3 Å². The highest BCUT2D eigenvalue weighted by Gasteiger charge is 2.12. The molecule has 1 atom stereocenters. The predicted octanol–water partition coefficient (Wildman–Crippen LogP) is 2.15. The van der Waals surface area contributed by atoms with E-state index >= 15 is 0 Å². The predicted molar refractivity (Wildman–Crippen MR) is 73.7 cm³/mol. The van der Waals surface area contributed by atoms with Crippen LogP contribution in [0.5, 0.6) is 17.2 Å². The molecule has 0 amide bonds. The second-order valence-electron chi connectivity index (χ2n) is 4.34. The zero-order valence-corrected chi connectivity index (χ0v) is 11.3. The molecule has 1 aromatic heterocycles. The third-order valence-corrected chi connectivity index (χ3v) is 3.86. The van der Waals surface area contributed by atoms with Crippen LogP contribution in [0.4, 0.5) is 0 Å². The van der Waals surface area contributed by atoms with Gasteiger partial charge in [-0.2, -0.15) is 0 Å². The van der Waals surface area contributed by atoms with Gasteiger partial charge in [0.25, 0.3) is 0 Å². The molecule has 0 aliphatic carbocycles. The van der Waals surface area contributed by atoms with Crippen molar-refractivity contribution in [2.75, 3.05) is 6.54 Å². The number of nitrogens with zero attached hydrogens (tertiary/aromatic N) is 1. The Balaban J connectivity index is 1.91. The Labute approximate surface area is 115 Å². The van der Waals surface area contributed by atoms with E-state index < -0.39 is 5.75 Å². The quantitative estimate of drug-likeness (QED) is 0.631. The Morgan fingerprint density at radius 1 is 1.26 bits per heavy atom. The van der Waals surface area contributed by atoms with Crippen molar-refractivity contribution in [1.82, 2.24) is 10.3 Å². The van der Waals surface area contributed by atoms with Crippen molar-refractivity contribution in [1.29, 1.82) is 0 Å². The zero-order valence-electron chi connectivity index (χ0n) is 10.5. The summed E-state index contributed by atoms with van der Waals surface area (Å²) in [6, 6.07) is 2.93. The van der Waals surface area contributed by atoms with E-state index in [2.05, 4.69) is 17.2 Å². The maximum atomic E-state index is 9.67. The van der Waals surface area contributed by atoms with Crippen LogP contribution in [0.3, 0.4) is 0 Å². The summed E-state index contributed by atoms with van der Waals surface area (Å²) in [6.07, 6.45) is 1.78. The number of nitrogens with one attached hydrogen (secondary N) is 1. The van der Waals surface area contributed by atoms with Crippen LogP contribution in [0.1, 0.15) is 23.4 Å². The lowest BCUT2D eigenvalue weighted by atomic mass is 10.1. The van der Waals surface area contributed by atoms with Gasteiger partial charge >= 0.3 is 0 Å². The normalized spacial score (nSPS) is 12.5. The minimum absolute atomic E-state index is 0.283. The van der Waals surface area contributed by atoms with Crippen LogP contribution in [0, 0.1) is 0 Å². The van der Waals surface area contributed by atoms with Crippen LogP contribution in [0.15, 0.2) is 23.7 Å². The van der Waals surface area contributed by atoms with E-state index in [0.717, 1.165) is 5.01 Å². The molecule has 19 heavy (non-hydrogen) atoms. The van der Waals surface area contributed by atoms with Gasteiger partial charge in [-0.1, -0.05) is 13.0 Å². The van der Waals surface area contributed by atoms with Gasteiger partial charge in [-0.05, 0) is 6.07 Å². The van der Waals surface area contributed by atoms with Gasteiger partial charge in [0.2, 0.25) is 5.75 Å². The minimum atomic E-state index is -0.479. The highest BCUT2D eigenvalue weighted by Crippen LogP contribution is 2.36. The molecule has 2 rings (SSSR count). The molecule has 0 aliphatic rings. The lowest BCUT2D eigenvalue weighted by Gasteiger charge is -2.11. The van der Waals surface area contributed by atoms with Gasteiger partial charge in [0.15, 0.2) is 11.5 Å². The molecule has 1 aromatic carbocycles. The zero-order chi connectivity index (χ0) is 13.8. The maximum Gasteiger partial charge on any atom is 0.200 e. The van der Waals surface area contributed by atoms with Gasteiger partial charge in [-0.3, -0.25) is 0 Å². The first-order valence-corrected chi connectivity index (χ1v) is 6.80. The molecule has 4 N–H and O–H groups in total. The molecule has 1 heterocycles. The summed E-state index contributed by atoms with van der Waals surface area (Å²) in [5, 5.41) is 34.5. The monoisotopic (exact) mass is 280 g/mol. The summed E-state index contributed by atoms with van der Waals surface area (Å²) < 4.78 is 0. The van der Waals surface area contributed by atoms with Gasteiger partial charge in [-0.25, -0.2) is 4.98 Å². The Hall–Kier alpha value is -1.79. The van der Waals surface area contributed by atoms with Crippen LogP contribution < -0.4 is 5.32 Å². The third-order valence-electron chi connectivity index (χ3n) is 2.85. The van der Waals surface area contributed by atoms with Crippen LogP contribution in [0.25, 0.3) is 0 Å². The average molecular weight is 280 g/mol. The van der Waals surface area contributed by atoms with Gasteiger partial charge < -0.3 is 20.6 Å². The molecule has 0 spiro atoms. The summed E-state index contributed by atoms with van der Waals surface area (Å²) in [7, 11) is 0. The fourth-order valence-corrected chi connectivity index (χ4v) is 2.44. The molecule has 0 saturated carbocycles. The number of thiazole rings is 1. The summed E-state index contributed by atoms with van der Waals surface area (Å²) in [5.74, 6) is -0.799. The lowest BCUT2D eigenvalue weighted by molar-refractivity contribution is 0.364. The first-order chi connectivity index (χ1) is 9.09.